The summed E-state index contributed by atoms with van der Waals surface area (Å²) in [6.07, 6.45) is 2.93. The van der Waals surface area contributed by atoms with Gasteiger partial charge in [-0.3, -0.25) is 0 Å². The van der Waals surface area contributed by atoms with Gasteiger partial charge in [0.25, 0.3) is 10.0 Å². The van der Waals surface area contributed by atoms with Crippen molar-refractivity contribution in [2.24, 2.45) is 0 Å². The first-order chi connectivity index (χ1) is 9.00. The van der Waals surface area contributed by atoms with Gasteiger partial charge in [0, 0.05) is 6.42 Å². The molecule has 19 heavy (non-hydrogen) atoms. The number of carbonyl (C=O) groups is 1. The fourth-order valence-corrected chi connectivity index (χ4v) is 3.82. The predicted molar refractivity (Wildman–Crippen MR) is 68.0 cm³/mol. The molecule has 2 atom stereocenters. The maximum absolute atomic E-state index is 12.5. The lowest BCUT2D eigenvalue weighted by molar-refractivity contribution is 0.137. The highest BCUT2D eigenvalue weighted by Gasteiger charge is 2.48. The highest BCUT2D eigenvalue weighted by atomic mass is 32.2. The lowest BCUT2D eigenvalue weighted by Crippen LogP contribution is -2.38. The fraction of sp³-hybridized carbons (Fsp3) is 0.308. The molecule has 0 N–H and O–H groups in total. The third-order valence-electron chi connectivity index (χ3n) is 3.36. The van der Waals surface area contributed by atoms with E-state index >= 15 is 0 Å². The number of aryl methyl sites for hydroxylation is 1. The third kappa shape index (κ3) is 1.83. The molecule has 1 aliphatic heterocycles. The topological polar surface area (TPSA) is 63.7 Å². The number of hydrogen-bond donors (Lipinski definition) is 0. The van der Waals surface area contributed by atoms with Gasteiger partial charge >= 0.3 is 6.09 Å². The SMILES string of the molecule is Cc1ccc(S(=O)(=O)N2C(=O)O[C@H]3CC=C[C@H]32)cc1. The minimum atomic E-state index is -3.85. The Morgan fingerprint density at radius 1 is 1.26 bits per heavy atom. The van der Waals surface area contributed by atoms with Crippen LogP contribution in [0, 0.1) is 6.92 Å². The third-order valence-corrected chi connectivity index (χ3v) is 5.14. The summed E-state index contributed by atoms with van der Waals surface area (Å²) >= 11 is 0. The Morgan fingerprint density at radius 3 is 2.63 bits per heavy atom. The zero-order chi connectivity index (χ0) is 13.6. The molecule has 2 aliphatic rings. The summed E-state index contributed by atoms with van der Waals surface area (Å²) < 4.78 is 30.9. The summed E-state index contributed by atoms with van der Waals surface area (Å²) in [5.74, 6) is 0. The molecule has 6 heteroatoms. The Morgan fingerprint density at radius 2 is 1.95 bits per heavy atom. The number of sulfonamides is 1. The Balaban J connectivity index is 2.02. The average molecular weight is 279 g/mol. The van der Waals surface area contributed by atoms with Crippen LogP contribution in [-0.4, -0.2) is 31.0 Å². The number of amides is 1. The van der Waals surface area contributed by atoms with Crippen molar-refractivity contribution < 1.29 is 17.9 Å². The van der Waals surface area contributed by atoms with E-state index in [1.807, 2.05) is 13.0 Å². The van der Waals surface area contributed by atoms with Gasteiger partial charge in [-0.2, -0.15) is 4.31 Å². The first-order valence-corrected chi connectivity index (χ1v) is 7.42. The second-order valence-corrected chi connectivity index (χ2v) is 6.51. The number of benzene rings is 1. The Hall–Kier alpha value is -1.82. The van der Waals surface area contributed by atoms with Crippen LogP contribution in [0.5, 0.6) is 0 Å². The molecule has 0 radical (unpaired) electrons. The quantitative estimate of drug-likeness (QED) is 0.775. The van der Waals surface area contributed by atoms with Crippen LogP contribution >= 0.6 is 0 Å². The molecular formula is C13H13NO4S. The van der Waals surface area contributed by atoms with Crippen molar-refractivity contribution in [3.63, 3.8) is 0 Å². The maximum Gasteiger partial charge on any atom is 0.424 e. The zero-order valence-corrected chi connectivity index (χ0v) is 11.1. The summed E-state index contributed by atoms with van der Waals surface area (Å²) in [5.41, 5.74) is 0.960. The second-order valence-electron chi connectivity index (χ2n) is 4.69. The van der Waals surface area contributed by atoms with Gasteiger partial charge in [-0.05, 0) is 19.1 Å². The van der Waals surface area contributed by atoms with Crippen LogP contribution in [0.3, 0.4) is 0 Å². The summed E-state index contributed by atoms with van der Waals surface area (Å²) in [6, 6.07) is 5.90. The summed E-state index contributed by atoms with van der Waals surface area (Å²) in [7, 11) is -3.85. The van der Waals surface area contributed by atoms with Crippen LogP contribution in [-0.2, 0) is 14.8 Å². The summed E-state index contributed by atoms with van der Waals surface area (Å²) in [5, 5.41) is 0. The molecule has 0 spiro atoms. The van der Waals surface area contributed by atoms with Crippen LogP contribution in [0.15, 0.2) is 41.3 Å². The van der Waals surface area contributed by atoms with Gasteiger partial charge in [0.1, 0.15) is 12.1 Å². The highest BCUT2D eigenvalue weighted by Crippen LogP contribution is 2.33. The average Bonchev–Trinajstić information content (AvgIpc) is 2.88. The number of nitrogens with zero attached hydrogens (tertiary/aromatic N) is 1. The highest BCUT2D eigenvalue weighted by molar-refractivity contribution is 7.89. The lowest BCUT2D eigenvalue weighted by atomic mass is 10.2. The van der Waals surface area contributed by atoms with Crippen molar-refractivity contribution in [2.45, 2.75) is 30.4 Å². The van der Waals surface area contributed by atoms with Gasteiger partial charge in [-0.15, -0.1) is 0 Å². The Kier molecular flexibility index (Phi) is 2.63. The number of hydrogen-bond acceptors (Lipinski definition) is 4. The molecule has 1 aromatic rings. The first-order valence-electron chi connectivity index (χ1n) is 5.98. The zero-order valence-electron chi connectivity index (χ0n) is 10.3. The number of ether oxygens (including phenoxy) is 1. The van der Waals surface area contributed by atoms with Gasteiger partial charge in [-0.1, -0.05) is 29.8 Å². The van der Waals surface area contributed by atoms with Crippen molar-refractivity contribution >= 4 is 16.1 Å². The van der Waals surface area contributed by atoms with Gasteiger partial charge in [0.2, 0.25) is 0 Å². The van der Waals surface area contributed by atoms with E-state index in [1.54, 1.807) is 18.2 Å². The molecule has 1 aromatic carbocycles. The Bertz CT molecular complexity index is 648. The lowest BCUT2D eigenvalue weighted by Gasteiger charge is -2.18. The molecule has 0 aromatic heterocycles. The Labute approximate surface area is 111 Å². The molecule has 0 bridgehead atoms. The van der Waals surface area contributed by atoms with E-state index in [9.17, 15) is 13.2 Å². The number of rotatable bonds is 2. The minimum Gasteiger partial charge on any atom is -0.442 e. The molecule has 1 fully saturated rings. The molecule has 1 aliphatic carbocycles. The van der Waals surface area contributed by atoms with Gasteiger partial charge in [0.05, 0.1) is 4.90 Å². The predicted octanol–water partition coefficient (Wildman–Crippen LogP) is 1.83. The maximum atomic E-state index is 12.5. The molecule has 5 nitrogen and oxygen atoms in total. The van der Waals surface area contributed by atoms with E-state index in [1.165, 1.54) is 12.1 Å². The largest absolute Gasteiger partial charge is 0.442 e. The van der Waals surface area contributed by atoms with E-state index in [2.05, 4.69) is 0 Å². The minimum absolute atomic E-state index is 0.107. The van der Waals surface area contributed by atoms with Crippen molar-refractivity contribution in [1.29, 1.82) is 0 Å². The van der Waals surface area contributed by atoms with E-state index < -0.39 is 22.2 Å². The van der Waals surface area contributed by atoms with Crippen molar-refractivity contribution in [3.8, 4) is 0 Å². The molecular weight excluding hydrogens is 266 g/mol. The van der Waals surface area contributed by atoms with E-state index in [-0.39, 0.29) is 11.0 Å². The molecule has 1 saturated heterocycles. The smallest absolute Gasteiger partial charge is 0.424 e. The van der Waals surface area contributed by atoms with Gasteiger partial charge in [-0.25, -0.2) is 13.2 Å². The van der Waals surface area contributed by atoms with Crippen molar-refractivity contribution in [1.82, 2.24) is 4.31 Å². The molecule has 1 amide bonds. The van der Waals surface area contributed by atoms with Gasteiger partial charge in [0.15, 0.2) is 0 Å². The molecule has 0 saturated carbocycles. The van der Waals surface area contributed by atoms with Crippen molar-refractivity contribution in [2.75, 3.05) is 0 Å². The first kappa shape index (κ1) is 12.2. The van der Waals surface area contributed by atoms with Crippen molar-refractivity contribution in [3.05, 3.63) is 42.0 Å². The molecule has 0 unspecified atom stereocenters. The monoisotopic (exact) mass is 279 g/mol. The van der Waals surface area contributed by atoms with Gasteiger partial charge < -0.3 is 4.74 Å². The van der Waals surface area contributed by atoms with Crippen LogP contribution in [0.25, 0.3) is 0 Å². The standard InChI is InChI=1S/C13H13NO4S/c1-9-5-7-10(8-6-9)19(16,17)14-11-3-2-4-12(11)18-13(14)15/h2-3,5-8,11-12H,4H2,1H3/t11-,12+/m1/s1. The molecule has 3 rings (SSSR count). The van der Waals surface area contributed by atoms with Crippen LogP contribution in [0.4, 0.5) is 4.79 Å². The summed E-state index contributed by atoms with van der Waals surface area (Å²) in [4.78, 5) is 11.9. The fourth-order valence-electron chi connectivity index (χ4n) is 2.35. The number of carbonyl (C=O) groups excluding carboxylic acids is 1. The molecule has 1 heterocycles. The van der Waals surface area contributed by atoms with Crippen LogP contribution < -0.4 is 0 Å². The van der Waals surface area contributed by atoms with E-state index in [0.29, 0.717) is 6.42 Å². The normalized spacial score (nSPS) is 25.5. The van der Waals surface area contributed by atoms with Crippen LogP contribution in [0.2, 0.25) is 0 Å². The molecule has 100 valence electrons. The second kappa shape index (κ2) is 4.09. The summed E-state index contributed by atoms with van der Waals surface area (Å²) in [6.45, 7) is 1.87. The van der Waals surface area contributed by atoms with E-state index in [4.69, 9.17) is 4.74 Å². The number of fused-ring (bicyclic) bond motifs is 1. The van der Waals surface area contributed by atoms with Crippen LogP contribution in [0.1, 0.15) is 12.0 Å². The van der Waals surface area contributed by atoms with E-state index in [0.717, 1.165) is 9.87 Å².